The van der Waals surface area contributed by atoms with Crippen molar-refractivity contribution in [1.29, 1.82) is 0 Å². The van der Waals surface area contributed by atoms with Crippen LogP contribution in [0.15, 0.2) is 59.6 Å². The predicted octanol–water partition coefficient (Wildman–Crippen LogP) is 3.97. The Labute approximate surface area is 135 Å². The number of amides is 2. The average Bonchev–Trinajstić information content (AvgIpc) is 2.46. The third-order valence-electron chi connectivity index (χ3n) is 2.70. The van der Waals surface area contributed by atoms with E-state index in [9.17, 15) is 14.0 Å². The average molecular weight is 363 g/mol. The Balaban J connectivity index is 2.17. The lowest BCUT2D eigenvalue weighted by molar-refractivity contribution is -0.111. The van der Waals surface area contributed by atoms with Gasteiger partial charge in [0.05, 0.1) is 0 Å². The molecule has 2 N–H and O–H groups in total. The zero-order chi connectivity index (χ0) is 16.1. The summed E-state index contributed by atoms with van der Waals surface area (Å²) in [7, 11) is 0. The van der Waals surface area contributed by atoms with Crippen LogP contribution in [0.25, 0.3) is 0 Å². The highest BCUT2D eigenvalue weighted by Crippen LogP contribution is 2.20. The summed E-state index contributed by atoms with van der Waals surface area (Å²) >= 11 is 3.16. The number of benzene rings is 2. The fraction of sp³-hybridized carbons (Fsp3) is 0. The topological polar surface area (TPSA) is 58.2 Å². The summed E-state index contributed by atoms with van der Waals surface area (Å²) in [6.45, 7) is 3.36. The number of hydrogen-bond acceptors (Lipinski definition) is 2. The zero-order valence-electron chi connectivity index (χ0n) is 11.4. The second-order valence-electron chi connectivity index (χ2n) is 4.39. The van der Waals surface area contributed by atoms with E-state index in [1.807, 2.05) is 0 Å². The van der Waals surface area contributed by atoms with Crippen LogP contribution in [0.4, 0.5) is 15.8 Å². The molecule has 0 saturated heterocycles. The first kappa shape index (κ1) is 15.9. The van der Waals surface area contributed by atoms with Gasteiger partial charge in [0.15, 0.2) is 0 Å². The number of carbonyl (C=O) groups excluding carboxylic acids is 2. The van der Waals surface area contributed by atoms with Crippen molar-refractivity contribution < 1.29 is 14.0 Å². The van der Waals surface area contributed by atoms with Crippen LogP contribution in [0.2, 0.25) is 0 Å². The normalized spacial score (nSPS) is 9.91. The Morgan fingerprint density at radius 2 is 1.86 bits per heavy atom. The van der Waals surface area contributed by atoms with Gasteiger partial charge >= 0.3 is 0 Å². The minimum absolute atomic E-state index is 0.331. The van der Waals surface area contributed by atoms with Gasteiger partial charge in [-0.05, 0) is 42.5 Å². The molecule has 0 aliphatic rings. The summed E-state index contributed by atoms with van der Waals surface area (Å²) in [5.41, 5.74) is 1.14. The Morgan fingerprint density at radius 1 is 1.09 bits per heavy atom. The van der Waals surface area contributed by atoms with Crippen LogP contribution in [-0.4, -0.2) is 11.8 Å². The van der Waals surface area contributed by atoms with Crippen molar-refractivity contribution in [3.05, 3.63) is 71.0 Å². The van der Waals surface area contributed by atoms with Crippen LogP contribution in [0.5, 0.6) is 0 Å². The lowest BCUT2D eigenvalue weighted by Crippen LogP contribution is -2.13. The van der Waals surface area contributed by atoms with Gasteiger partial charge in [-0.15, -0.1) is 0 Å². The lowest BCUT2D eigenvalue weighted by atomic mass is 10.2. The molecule has 2 rings (SSSR count). The first-order valence-corrected chi connectivity index (χ1v) is 7.08. The van der Waals surface area contributed by atoms with Crippen LogP contribution in [0.3, 0.4) is 0 Å². The van der Waals surface area contributed by atoms with Crippen molar-refractivity contribution in [2.24, 2.45) is 0 Å². The summed E-state index contributed by atoms with van der Waals surface area (Å²) in [6.07, 6.45) is 1.14. The zero-order valence-corrected chi connectivity index (χ0v) is 13.0. The molecule has 0 aliphatic carbocycles. The molecule has 2 amide bonds. The van der Waals surface area contributed by atoms with Gasteiger partial charge < -0.3 is 10.6 Å². The molecule has 0 radical (unpaired) electrons. The van der Waals surface area contributed by atoms with E-state index in [1.165, 1.54) is 18.2 Å². The van der Waals surface area contributed by atoms with Crippen LogP contribution < -0.4 is 10.6 Å². The van der Waals surface area contributed by atoms with Gasteiger partial charge in [0.1, 0.15) is 5.82 Å². The van der Waals surface area contributed by atoms with E-state index in [4.69, 9.17) is 0 Å². The number of rotatable bonds is 4. The number of halogens is 2. The molecule has 0 unspecified atom stereocenters. The van der Waals surface area contributed by atoms with Crippen molar-refractivity contribution in [2.75, 3.05) is 10.6 Å². The number of carbonyl (C=O) groups is 2. The monoisotopic (exact) mass is 362 g/mol. The molecule has 112 valence electrons. The van der Waals surface area contributed by atoms with Crippen molar-refractivity contribution in [2.45, 2.75) is 0 Å². The second kappa shape index (κ2) is 7.00. The first-order chi connectivity index (χ1) is 10.5. The summed E-state index contributed by atoms with van der Waals surface area (Å²) in [4.78, 5) is 23.4. The van der Waals surface area contributed by atoms with Crippen molar-refractivity contribution in [3.8, 4) is 0 Å². The molecule has 22 heavy (non-hydrogen) atoms. The molecule has 6 heteroatoms. The van der Waals surface area contributed by atoms with E-state index in [0.29, 0.717) is 21.4 Å². The third kappa shape index (κ3) is 4.26. The van der Waals surface area contributed by atoms with E-state index in [2.05, 4.69) is 33.1 Å². The van der Waals surface area contributed by atoms with Crippen molar-refractivity contribution in [3.63, 3.8) is 0 Å². The minimum atomic E-state index is -0.461. The van der Waals surface area contributed by atoms with E-state index in [1.54, 1.807) is 24.3 Å². The van der Waals surface area contributed by atoms with Crippen LogP contribution in [-0.2, 0) is 4.79 Å². The highest BCUT2D eigenvalue weighted by atomic mass is 79.9. The number of anilines is 2. The van der Waals surface area contributed by atoms with Crippen LogP contribution in [0.1, 0.15) is 10.4 Å². The Morgan fingerprint density at radius 3 is 2.55 bits per heavy atom. The van der Waals surface area contributed by atoms with E-state index < -0.39 is 11.7 Å². The van der Waals surface area contributed by atoms with Crippen LogP contribution in [0, 0.1) is 5.82 Å². The first-order valence-electron chi connectivity index (χ1n) is 6.29. The van der Waals surface area contributed by atoms with Gasteiger partial charge in [-0.2, -0.15) is 0 Å². The van der Waals surface area contributed by atoms with Crippen LogP contribution >= 0.6 is 15.9 Å². The maximum absolute atomic E-state index is 13.3. The molecule has 0 bridgehead atoms. The summed E-state index contributed by atoms with van der Waals surface area (Å²) in [5, 5.41) is 5.16. The van der Waals surface area contributed by atoms with Crippen molar-refractivity contribution in [1.82, 2.24) is 0 Å². The second-order valence-corrected chi connectivity index (χ2v) is 5.30. The Hall–Kier alpha value is -2.47. The van der Waals surface area contributed by atoms with E-state index in [-0.39, 0.29) is 5.91 Å². The summed E-state index contributed by atoms with van der Waals surface area (Å²) in [5.74, 6) is -1.24. The quantitative estimate of drug-likeness (QED) is 0.808. The molecular weight excluding hydrogens is 351 g/mol. The Kier molecular flexibility index (Phi) is 5.06. The predicted molar refractivity (Wildman–Crippen MR) is 87.3 cm³/mol. The third-order valence-corrected chi connectivity index (χ3v) is 3.16. The van der Waals surface area contributed by atoms with E-state index in [0.717, 1.165) is 6.08 Å². The highest BCUT2D eigenvalue weighted by Gasteiger charge is 2.09. The smallest absolute Gasteiger partial charge is 0.255 e. The number of nitrogens with one attached hydrogen (secondary N) is 2. The van der Waals surface area contributed by atoms with E-state index >= 15 is 0 Å². The molecule has 0 atom stereocenters. The van der Waals surface area contributed by atoms with Gasteiger partial charge in [0, 0.05) is 21.4 Å². The van der Waals surface area contributed by atoms with Gasteiger partial charge in [0.2, 0.25) is 5.91 Å². The van der Waals surface area contributed by atoms with Gasteiger partial charge in [-0.1, -0.05) is 28.6 Å². The number of hydrogen-bond donors (Lipinski definition) is 2. The molecule has 2 aromatic carbocycles. The summed E-state index contributed by atoms with van der Waals surface area (Å²) in [6, 6.07) is 10.5. The standard InChI is InChI=1S/C16H12BrFN2O2/c1-2-15(21)19-13-5-3-4-10(6-13)16(22)20-14-8-11(17)7-12(18)9-14/h2-9H,1H2,(H,19,21)(H,20,22). The molecule has 0 saturated carbocycles. The highest BCUT2D eigenvalue weighted by molar-refractivity contribution is 9.10. The summed E-state index contributed by atoms with van der Waals surface area (Å²) < 4.78 is 13.8. The lowest BCUT2D eigenvalue weighted by Gasteiger charge is -2.08. The molecule has 0 aliphatic heterocycles. The van der Waals surface area contributed by atoms with Crippen molar-refractivity contribution >= 4 is 39.1 Å². The van der Waals surface area contributed by atoms with Gasteiger partial charge in [-0.25, -0.2) is 4.39 Å². The minimum Gasteiger partial charge on any atom is -0.323 e. The maximum atomic E-state index is 13.3. The fourth-order valence-corrected chi connectivity index (χ4v) is 2.23. The van der Waals surface area contributed by atoms with Gasteiger partial charge in [0.25, 0.3) is 5.91 Å². The molecular formula is C16H12BrFN2O2. The SMILES string of the molecule is C=CC(=O)Nc1cccc(C(=O)Nc2cc(F)cc(Br)c2)c1. The Bertz CT molecular complexity index is 726. The molecule has 0 fully saturated rings. The molecule has 2 aromatic rings. The van der Waals surface area contributed by atoms with Gasteiger partial charge in [-0.3, -0.25) is 9.59 Å². The maximum Gasteiger partial charge on any atom is 0.255 e. The largest absolute Gasteiger partial charge is 0.323 e. The molecule has 4 nitrogen and oxygen atoms in total. The fourth-order valence-electron chi connectivity index (χ4n) is 1.76. The molecule has 0 heterocycles. The molecule has 0 aromatic heterocycles. The molecule has 0 spiro atoms.